The number of aromatic nitrogens is 2. The monoisotopic (exact) mass is 444 g/mol. The Balaban J connectivity index is 1.68. The Morgan fingerprint density at radius 1 is 1.18 bits per heavy atom. The highest BCUT2D eigenvalue weighted by Crippen LogP contribution is 2.35. The van der Waals surface area contributed by atoms with Crippen LogP contribution in [0.5, 0.6) is 0 Å². The quantitative estimate of drug-likeness (QED) is 0.562. The van der Waals surface area contributed by atoms with E-state index in [0.717, 1.165) is 5.56 Å². The molecule has 4 rings (SSSR count). The molecule has 3 aromatic rings. The van der Waals surface area contributed by atoms with E-state index in [-0.39, 0.29) is 23.2 Å². The number of primary amides is 1. The number of hydrogen-bond donors (Lipinski definition) is 3. The molecule has 0 fully saturated rings. The Labute approximate surface area is 188 Å². The van der Waals surface area contributed by atoms with Crippen LogP contribution in [0.2, 0.25) is 0 Å². The van der Waals surface area contributed by atoms with Gasteiger partial charge in [0, 0.05) is 36.2 Å². The number of carboxylic acids is 1. The van der Waals surface area contributed by atoms with Crippen LogP contribution in [0, 0.1) is 18.3 Å². The van der Waals surface area contributed by atoms with Gasteiger partial charge in [-0.15, -0.1) is 0 Å². The molecule has 3 heterocycles. The molecule has 1 aliphatic heterocycles. The van der Waals surface area contributed by atoms with E-state index in [1.165, 1.54) is 29.2 Å². The second-order valence-electron chi connectivity index (χ2n) is 7.54. The highest BCUT2D eigenvalue weighted by atomic mass is 16.4. The first-order valence-electron chi connectivity index (χ1n) is 10.1. The van der Waals surface area contributed by atoms with Crippen LogP contribution in [0.15, 0.2) is 42.6 Å². The summed E-state index contributed by atoms with van der Waals surface area (Å²) in [6.45, 7) is 2.58. The number of hydrogen-bond acceptors (Lipinski definition) is 5. The van der Waals surface area contributed by atoms with Gasteiger partial charge in [0.05, 0.1) is 34.6 Å². The number of urea groups is 1. The van der Waals surface area contributed by atoms with Gasteiger partial charge in [-0.05, 0) is 43.3 Å². The Hall–Kier alpha value is -4.65. The van der Waals surface area contributed by atoms with E-state index >= 15 is 0 Å². The normalized spacial score (nSPS) is 12.5. The largest absolute Gasteiger partial charge is 0.478 e. The van der Waals surface area contributed by atoms with Crippen molar-refractivity contribution in [3.05, 3.63) is 70.7 Å². The number of nitrogens with two attached hydrogens (primary N) is 1. The summed E-state index contributed by atoms with van der Waals surface area (Å²) in [5, 5.41) is 21.6. The number of pyridine rings is 1. The zero-order valence-electron chi connectivity index (χ0n) is 17.7. The molecule has 0 aliphatic carbocycles. The number of rotatable bonds is 4. The number of carboxylic acid groups (broad SMARTS) is 1. The SMILES string of the molecule is Cc1ncccc1-c1c(C#N)c(C(N)=O)c2n1CCN(C(=O)Nc1ccc(C(=O)O)cc1)C2. The molecular formula is C23H20N6O4. The number of benzene rings is 1. The van der Waals surface area contributed by atoms with E-state index in [0.29, 0.717) is 35.9 Å². The molecule has 10 nitrogen and oxygen atoms in total. The van der Waals surface area contributed by atoms with E-state index in [4.69, 9.17) is 10.8 Å². The average molecular weight is 444 g/mol. The summed E-state index contributed by atoms with van der Waals surface area (Å²) in [6, 6.07) is 11.1. The maximum atomic E-state index is 12.9. The first-order valence-corrected chi connectivity index (χ1v) is 10.1. The van der Waals surface area contributed by atoms with Crippen molar-refractivity contribution in [3.63, 3.8) is 0 Å². The van der Waals surface area contributed by atoms with E-state index in [1.54, 1.807) is 12.3 Å². The predicted octanol–water partition coefficient (Wildman–Crippen LogP) is 2.58. The van der Waals surface area contributed by atoms with Gasteiger partial charge in [0.1, 0.15) is 6.07 Å². The van der Waals surface area contributed by atoms with Gasteiger partial charge in [0.25, 0.3) is 5.91 Å². The van der Waals surface area contributed by atoms with Crippen molar-refractivity contribution in [2.24, 2.45) is 5.73 Å². The van der Waals surface area contributed by atoms with Gasteiger partial charge >= 0.3 is 12.0 Å². The number of amides is 3. The summed E-state index contributed by atoms with van der Waals surface area (Å²) in [6.07, 6.45) is 1.65. The van der Waals surface area contributed by atoms with E-state index in [2.05, 4.69) is 16.4 Å². The fraction of sp³-hybridized carbons (Fsp3) is 0.174. The van der Waals surface area contributed by atoms with Gasteiger partial charge < -0.3 is 25.6 Å². The van der Waals surface area contributed by atoms with Crippen LogP contribution in [-0.4, -0.2) is 44.0 Å². The summed E-state index contributed by atoms with van der Waals surface area (Å²) in [5.74, 6) is -1.80. The van der Waals surface area contributed by atoms with Crippen LogP contribution in [-0.2, 0) is 13.1 Å². The number of carbonyl (C=O) groups is 3. The first-order chi connectivity index (χ1) is 15.8. The first kappa shape index (κ1) is 21.6. The second kappa shape index (κ2) is 8.47. The molecule has 0 saturated heterocycles. The smallest absolute Gasteiger partial charge is 0.335 e. The van der Waals surface area contributed by atoms with Gasteiger partial charge in [-0.3, -0.25) is 9.78 Å². The van der Waals surface area contributed by atoms with E-state index in [1.807, 2.05) is 17.6 Å². The molecule has 33 heavy (non-hydrogen) atoms. The van der Waals surface area contributed by atoms with Gasteiger partial charge in [-0.1, -0.05) is 0 Å². The Morgan fingerprint density at radius 3 is 2.52 bits per heavy atom. The van der Waals surface area contributed by atoms with Crippen LogP contribution < -0.4 is 11.1 Å². The summed E-state index contributed by atoms with van der Waals surface area (Å²) >= 11 is 0. The lowest BCUT2D eigenvalue weighted by Gasteiger charge is -2.30. The fourth-order valence-electron chi connectivity index (χ4n) is 4.02. The van der Waals surface area contributed by atoms with Gasteiger partial charge in [-0.25, -0.2) is 9.59 Å². The van der Waals surface area contributed by atoms with Crippen molar-refractivity contribution in [1.82, 2.24) is 14.5 Å². The fourth-order valence-corrected chi connectivity index (χ4v) is 4.02. The van der Waals surface area contributed by atoms with Crippen molar-refractivity contribution >= 4 is 23.6 Å². The molecule has 166 valence electrons. The molecule has 1 aliphatic rings. The van der Waals surface area contributed by atoms with Gasteiger partial charge in [-0.2, -0.15) is 5.26 Å². The van der Waals surface area contributed by atoms with Crippen LogP contribution in [0.25, 0.3) is 11.3 Å². The number of nitrogens with one attached hydrogen (secondary N) is 1. The van der Waals surface area contributed by atoms with Crippen LogP contribution in [0.1, 0.15) is 37.7 Å². The molecule has 0 radical (unpaired) electrons. The summed E-state index contributed by atoms with van der Waals surface area (Å²) in [5.41, 5.74) is 8.93. The second-order valence-corrected chi connectivity index (χ2v) is 7.54. The zero-order chi connectivity index (χ0) is 23.7. The lowest BCUT2D eigenvalue weighted by atomic mass is 10.0. The van der Waals surface area contributed by atoms with Gasteiger partial charge in [0.2, 0.25) is 0 Å². The lowest BCUT2D eigenvalue weighted by molar-refractivity contribution is 0.0696. The minimum Gasteiger partial charge on any atom is -0.478 e. The average Bonchev–Trinajstić information content (AvgIpc) is 3.13. The topological polar surface area (TPSA) is 154 Å². The predicted molar refractivity (Wildman–Crippen MR) is 118 cm³/mol. The van der Waals surface area contributed by atoms with E-state index in [9.17, 15) is 19.6 Å². The molecular weight excluding hydrogens is 424 g/mol. The highest BCUT2D eigenvalue weighted by Gasteiger charge is 2.32. The number of anilines is 1. The summed E-state index contributed by atoms with van der Waals surface area (Å²) in [4.78, 5) is 42.0. The molecule has 2 aromatic heterocycles. The van der Waals surface area contributed by atoms with Crippen LogP contribution in [0.4, 0.5) is 10.5 Å². The third-order valence-electron chi connectivity index (χ3n) is 5.60. The van der Waals surface area contributed by atoms with Crippen molar-refractivity contribution in [2.45, 2.75) is 20.0 Å². The summed E-state index contributed by atoms with van der Waals surface area (Å²) < 4.78 is 1.86. The Bertz CT molecular complexity index is 1320. The van der Waals surface area contributed by atoms with Crippen molar-refractivity contribution < 1.29 is 19.5 Å². The van der Waals surface area contributed by atoms with Crippen molar-refractivity contribution in [1.29, 1.82) is 5.26 Å². The minimum atomic E-state index is -1.06. The number of nitrogens with zero attached hydrogens (tertiary/aromatic N) is 4. The highest BCUT2D eigenvalue weighted by molar-refractivity contribution is 6.00. The number of aryl methyl sites for hydroxylation is 1. The molecule has 1 aromatic carbocycles. The number of nitriles is 1. The van der Waals surface area contributed by atoms with E-state index < -0.39 is 17.9 Å². The molecule has 4 N–H and O–H groups in total. The molecule has 3 amide bonds. The number of carbonyl (C=O) groups excluding carboxylic acids is 2. The minimum absolute atomic E-state index is 0.0747. The number of fused-ring (bicyclic) bond motifs is 1. The van der Waals surface area contributed by atoms with Crippen molar-refractivity contribution in [3.8, 4) is 17.3 Å². The molecule has 0 atom stereocenters. The zero-order valence-corrected chi connectivity index (χ0v) is 17.7. The molecule has 0 unspecified atom stereocenters. The third kappa shape index (κ3) is 3.87. The Morgan fingerprint density at radius 2 is 1.91 bits per heavy atom. The molecule has 0 bridgehead atoms. The lowest BCUT2D eigenvalue weighted by Crippen LogP contribution is -2.41. The molecule has 0 saturated carbocycles. The van der Waals surface area contributed by atoms with Gasteiger partial charge in [0.15, 0.2) is 0 Å². The summed E-state index contributed by atoms with van der Waals surface area (Å²) in [7, 11) is 0. The van der Waals surface area contributed by atoms with Crippen LogP contribution >= 0.6 is 0 Å². The standard InChI is InChI=1S/C23H20N6O4/c1-13-16(3-2-8-26-13)20-17(11-24)19(21(25)30)18-12-28(9-10-29(18)20)23(33)27-15-6-4-14(5-7-15)22(31)32/h2-8H,9-10,12H2,1H3,(H2,25,30)(H,27,33)(H,31,32). The Kier molecular flexibility index (Phi) is 5.54. The molecule has 10 heteroatoms. The third-order valence-corrected chi connectivity index (χ3v) is 5.60. The van der Waals surface area contributed by atoms with Crippen LogP contribution in [0.3, 0.4) is 0 Å². The molecule has 0 spiro atoms. The van der Waals surface area contributed by atoms with Crippen molar-refractivity contribution in [2.75, 3.05) is 11.9 Å². The maximum Gasteiger partial charge on any atom is 0.335 e. The number of aromatic carboxylic acids is 1. The maximum absolute atomic E-state index is 12.9.